The fourth-order valence-corrected chi connectivity index (χ4v) is 3.55. The fraction of sp³-hybridized carbons (Fsp3) is 0.577. The van der Waals surface area contributed by atoms with Crippen molar-refractivity contribution in [1.29, 1.82) is 0 Å². The fourth-order valence-electron chi connectivity index (χ4n) is 3.55. The van der Waals surface area contributed by atoms with Crippen LogP contribution in [0.2, 0.25) is 0 Å². The Bertz CT molecular complexity index is 871. The van der Waals surface area contributed by atoms with Gasteiger partial charge in [-0.05, 0) is 49.3 Å². The molecule has 0 unspecified atom stereocenters. The molecule has 3 atom stereocenters. The van der Waals surface area contributed by atoms with Crippen molar-refractivity contribution in [2.24, 2.45) is 17.1 Å². The number of amides is 2. The van der Waals surface area contributed by atoms with E-state index in [1.807, 2.05) is 34.6 Å². The Morgan fingerprint density at radius 2 is 1.74 bits per heavy atom. The maximum atomic E-state index is 13.6. The molecule has 0 fully saturated rings. The topological polar surface area (TPSA) is 122 Å². The van der Waals surface area contributed by atoms with Crippen LogP contribution in [-0.2, 0) is 25.5 Å². The van der Waals surface area contributed by atoms with Gasteiger partial charge in [0.05, 0.1) is 18.7 Å². The number of carbonyl (C=O) groups excluding carboxylic acids is 3. The van der Waals surface area contributed by atoms with Crippen molar-refractivity contribution in [2.75, 3.05) is 13.7 Å². The minimum absolute atomic E-state index is 0.0198. The number of nitrogens with zero attached hydrogens (tertiary/aromatic N) is 1. The molecule has 1 aromatic rings. The van der Waals surface area contributed by atoms with Crippen LogP contribution >= 0.6 is 0 Å². The molecule has 34 heavy (non-hydrogen) atoms. The van der Waals surface area contributed by atoms with E-state index in [4.69, 9.17) is 10.5 Å². The van der Waals surface area contributed by atoms with Crippen LogP contribution < -0.4 is 11.1 Å². The molecular weight excluding hydrogens is 434 g/mol. The Kier molecular flexibility index (Phi) is 10.8. The summed E-state index contributed by atoms with van der Waals surface area (Å²) in [5.74, 6) is -0.977. The second kappa shape index (κ2) is 12.6. The van der Waals surface area contributed by atoms with Crippen LogP contribution in [0.1, 0.15) is 54.0 Å². The van der Waals surface area contributed by atoms with Crippen LogP contribution in [0.15, 0.2) is 35.9 Å². The van der Waals surface area contributed by atoms with Crippen LogP contribution in [-0.4, -0.2) is 59.6 Å². The van der Waals surface area contributed by atoms with E-state index in [0.29, 0.717) is 5.57 Å². The number of phenols is 1. The van der Waals surface area contributed by atoms with Gasteiger partial charge < -0.3 is 25.8 Å². The van der Waals surface area contributed by atoms with Crippen LogP contribution in [0.25, 0.3) is 0 Å². The number of benzene rings is 1. The minimum Gasteiger partial charge on any atom is -0.508 e. The van der Waals surface area contributed by atoms with Gasteiger partial charge in [-0.25, -0.2) is 4.79 Å². The molecule has 0 saturated carbocycles. The highest BCUT2D eigenvalue weighted by Crippen LogP contribution is 2.24. The third-order valence-corrected chi connectivity index (χ3v) is 5.62. The van der Waals surface area contributed by atoms with Crippen LogP contribution in [0.4, 0.5) is 0 Å². The number of nitrogens with one attached hydrogen (secondary N) is 1. The first-order valence-electron chi connectivity index (χ1n) is 11.6. The average Bonchev–Trinajstić information content (AvgIpc) is 2.75. The number of hydrogen-bond acceptors (Lipinski definition) is 6. The summed E-state index contributed by atoms with van der Waals surface area (Å²) in [6, 6.07) is 4.42. The number of hydrogen-bond donors (Lipinski definition) is 3. The van der Waals surface area contributed by atoms with E-state index < -0.39 is 29.4 Å². The highest BCUT2D eigenvalue weighted by atomic mass is 16.5. The molecule has 8 nitrogen and oxygen atoms in total. The van der Waals surface area contributed by atoms with Gasteiger partial charge in [0.2, 0.25) is 11.8 Å². The number of nitrogens with two attached hydrogens (primary N) is 1. The number of aromatic hydroxyl groups is 1. The summed E-state index contributed by atoms with van der Waals surface area (Å²) in [6.07, 6.45) is 2.00. The first-order chi connectivity index (χ1) is 15.7. The highest BCUT2D eigenvalue weighted by Gasteiger charge is 2.37. The summed E-state index contributed by atoms with van der Waals surface area (Å²) in [7, 11) is 1.67. The Morgan fingerprint density at radius 1 is 1.18 bits per heavy atom. The van der Waals surface area contributed by atoms with Gasteiger partial charge in [0.15, 0.2) is 0 Å². The third kappa shape index (κ3) is 8.48. The molecule has 8 heteroatoms. The number of ether oxygens (including phenoxy) is 1. The van der Waals surface area contributed by atoms with Crippen molar-refractivity contribution in [3.05, 3.63) is 41.5 Å². The van der Waals surface area contributed by atoms with Gasteiger partial charge in [0.25, 0.3) is 0 Å². The molecule has 4 N–H and O–H groups in total. The molecule has 0 aliphatic heterocycles. The Labute approximate surface area is 203 Å². The lowest BCUT2D eigenvalue weighted by Crippen LogP contribution is -2.58. The van der Waals surface area contributed by atoms with Crippen molar-refractivity contribution < 1.29 is 24.2 Å². The van der Waals surface area contributed by atoms with Crippen molar-refractivity contribution >= 4 is 17.8 Å². The van der Waals surface area contributed by atoms with E-state index in [-0.39, 0.29) is 36.6 Å². The zero-order valence-corrected chi connectivity index (χ0v) is 21.7. The smallest absolute Gasteiger partial charge is 0.333 e. The van der Waals surface area contributed by atoms with Crippen LogP contribution in [0, 0.1) is 11.3 Å². The first-order valence-corrected chi connectivity index (χ1v) is 11.6. The number of phenolic OH excluding ortho intramolecular Hbond substituents is 1. The molecular formula is C26H41N3O5. The summed E-state index contributed by atoms with van der Waals surface area (Å²) in [4.78, 5) is 40.1. The van der Waals surface area contributed by atoms with Crippen molar-refractivity contribution in [3.8, 4) is 5.75 Å². The van der Waals surface area contributed by atoms with Crippen LogP contribution in [0.5, 0.6) is 5.75 Å². The van der Waals surface area contributed by atoms with E-state index in [1.54, 1.807) is 44.0 Å². The van der Waals surface area contributed by atoms with Crippen molar-refractivity contribution in [3.63, 3.8) is 0 Å². The quantitative estimate of drug-likeness (QED) is 0.353. The predicted molar refractivity (Wildman–Crippen MR) is 133 cm³/mol. The zero-order chi connectivity index (χ0) is 26.2. The number of rotatable bonds is 10. The zero-order valence-electron chi connectivity index (χ0n) is 21.7. The van der Waals surface area contributed by atoms with Crippen molar-refractivity contribution in [2.45, 2.75) is 73.0 Å². The molecule has 0 aromatic heterocycles. The van der Waals surface area contributed by atoms with E-state index in [0.717, 1.165) is 5.56 Å². The van der Waals surface area contributed by atoms with Gasteiger partial charge in [-0.1, -0.05) is 52.8 Å². The molecule has 0 radical (unpaired) electrons. The summed E-state index contributed by atoms with van der Waals surface area (Å²) < 4.78 is 5.07. The van der Waals surface area contributed by atoms with Crippen LogP contribution in [0.3, 0.4) is 0 Å². The normalized spacial score (nSPS) is 14.8. The molecule has 0 aliphatic carbocycles. The van der Waals surface area contributed by atoms with Gasteiger partial charge in [0, 0.05) is 12.6 Å². The molecule has 0 heterocycles. The van der Waals surface area contributed by atoms with E-state index in [2.05, 4.69) is 5.32 Å². The van der Waals surface area contributed by atoms with Gasteiger partial charge >= 0.3 is 5.97 Å². The predicted octanol–water partition coefficient (Wildman–Crippen LogP) is 2.79. The summed E-state index contributed by atoms with van der Waals surface area (Å²) in [5.41, 5.74) is 6.77. The van der Waals surface area contributed by atoms with Gasteiger partial charge in [-0.2, -0.15) is 0 Å². The highest BCUT2D eigenvalue weighted by molar-refractivity contribution is 5.91. The molecule has 0 saturated heterocycles. The lowest BCUT2D eigenvalue weighted by atomic mass is 9.84. The maximum absolute atomic E-state index is 13.6. The first kappa shape index (κ1) is 29.2. The lowest BCUT2D eigenvalue weighted by molar-refractivity contribution is -0.141. The van der Waals surface area contributed by atoms with Gasteiger partial charge in [0.1, 0.15) is 11.8 Å². The summed E-state index contributed by atoms with van der Waals surface area (Å²) in [6.45, 7) is 13.2. The second-order valence-corrected chi connectivity index (χ2v) is 10.0. The molecule has 2 amide bonds. The van der Waals surface area contributed by atoms with E-state index >= 15 is 0 Å². The van der Waals surface area contributed by atoms with Crippen molar-refractivity contribution in [1.82, 2.24) is 10.2 Å². The monoisotopic (exact) mass is 475 g/mol. The maximum Gasteiger partial charge on any atom is 0.333 e. The third-order valence-electron chi connectivity index (χ3n) is 5.62. The van der Waals surface area contributed by atoms with E-state index in [1.165, 1.54) is 12.1 Å². The second-order valence-electron chi connectivity index (χ2n) is 10.0. The standard InChI is InChI=1S/C26H41N3O5/c1-9-34-25(33)17(4)14-21(16(2)3)29(8)24(32)22(26(5,6)7)28-23(31)20(27)15-18-10-12-19(30)13-11-18/h10-14,16,20-22,30H,9,15,27H2,1-8H3,(H,28,31)/b17-14+/t20-,21+,22+/m0/s1. The Balaban J connectivity index is 3.08. The molecule has 0 aliphatic rings. The minimum atomic E-state index is -0.862. The Morgan fingerprint density at radius 3 is 2.21 bits per heavy atom. The molecule has 0 bridgehead atoms. The molecule has 0 spiro atoms. The molecule has 190 valence electrons. The number of likely N-dealkylation sites (N-methyl/N-ethyl adjacent to an activating group) is 1. The number of carbonyl (C=O) groups is 3. The average molecular weight is 476 g/mol. The van der Waals surface area contributed by atoms with Gasteiger partial charge in [-0.3, -0.25) is 9.59 Å². The molecule has 1 rings (SSSR count). The lowest BCUT2D eigenvalue weighted by Gasteiger charge is -2.37. The Hall–Kier alpha value is -2.87. The molecule has 1 aromatic carbocycles. The summed E-state index contributed by atoms with van der Waals surface area (Å²) in [5, 5.41) is 12.3. The van der Waals surface area contributed by atoms with Gasteiger partial charge in [-0.15, -0.1) is 0 Å². The summed E-state index contributed by atoms with van der Waals surface area (Å²) >= 11 is 0. The SMILES string of the molecule is CCOC(=O)/C(C)=C/[C@H](C(C)C)N(C)C(=O)[C@@H](NC(=O)[C@@H](N)Cc1ccc(O)cc1)C(C)(C)C. The number of esters is 1. The largest absolute Gasteiger partial charge is 0.508 e. The van der Waals surface area contributed by atoms with E-state index in [9.17, 15) is 19.5 Å².